The predicted molar refractivity (Wildman–Crippen MR) is 127 cm³/mol. The summed E-state index contributed by atoms with van der Waals surface area (Å²) in [6.45, 7) is 1.93. The Balaban J connectivity index is 1.40. The van der Waals surface area contributed by atoms with Gasteiger partial charge in [-0.1, -0.05) is 54.4 Å². The van der Waals surface area contributed by atoms with Crippen molar-refractivity contribution in [2.75, 3.05) is 11.1 Å². The van der Waals surface area contributed by atoms with Crippen LogP contribution in [0.5, 0.6) is 0 Å². The Morgan fingerprint density at radius 3 is 2.75 bits per heavy atom. The molecule has 0 spiro atoms. The number of carbonyl (C=O) groups excluding carboxylic acids is 2. The van der Waals surface area contributed by atoms with Crippen LogP contribution >= 0.6 is 23.4 Å². The van der Waals surface area contributed by atoms with Crippen LogP contribution < -0.4 is 10.6 Å². The van der Waals surface area contributed by atoms with E-state index in [1.165, 1.54) is 11.8 Å². The molecule has 2 aromatic carbocycles. The van der Waals surface area contributed by atoms with Gasteiger partial charge in [0.25, 0.3) is 5.91 Å². The summed E-state index contributed by atoms with van der Waals surface area (Å²) < 4.78 is 1.78. The van der Waals surface area contributed by atoms with Crippen LogP contribution in [0.4, 0.5) is 5.69 Å². The zero-order valence-electron chi connectivity index (χ0n) is 17.7. The van der Waals surface area contributed by atoms with Gasteiger partial charge in [-0.05, 0) is 49.6 Å². The maximum atomic E-state index is 12.7. The summed E-state index contributed by atoms with van der Waals surface area (Å²) in [5.41, 5.74) is 2.77. The van der Waals surface area contributed by atoms with E-state index in [9.17, 15) is 9.59 Å². The van der Waals surface area contributed by atoms with Crippen molar-refractivity contribution >= 4 is 40.9 Å². The molecule has 32 heavy (non-hydrogen) atoms. The number of aromatic nitrogens is 3. The van der Waals surface area contributed by atoms with E-state index in [1.807, 2.05) is 25.1 Å². The highest BCUT2D eigenvalue weighted by Crippen LogP contribution is 2.24. The molecular weight excluding hydrogens is 446 g/mol. The molecule has 1 aliphatic carbocycles. The van der Waals surface area contributed by atoms with Crippen LogP contribution in [-0.4, -0.2) is 38.4 Å². The van der Waals surface area contributed by atoms with Crippen molar-refractivity contribution in [3.8, 4) is 5.69 Å². The summed E-state index contributed by atoms with van der Waals surface area (Å²) in [4.78, 5) is 25.3. The van der Waals surface area contributed by atoms with E-state index in [-0.39, 0.29) is 23.6 Å². The molecule has 1 fully saturated rings. The number of aryl methyl sites for hydroxylation is 1. The van der Waals surface area contributed by atoms with Gasteiger partial charge in [0.2, 0.25) is 5.91 Å². The van der Waals surface area contributed by atoms with Gasteiger partial charge >= 0.3 is 0 Å². The Morgan fingerprint density at radius 2 is 1.97 bits per heavy atom. The number of nitrogens with one attached hydrogen (secondary N) is 2. The normalized spacial score (nSPS) is 13.8. The van der Waals surface area contributed by atoms with Crippen LogP contribution in [0.1, 0.15) is 41.6 Å². The minimum atomic E-state index is -0.229. The van der Waals surface area contributed by atoms with E-state index < -0.39 is 0 Å². The number of hydrogen-bond acceptors (Lipinski definition) is 5. The molecule has 1 heterocycles. The molecule has 0 atom stereocenters. The van der Waals surface area contributed by atoms with Gasteiger partial charge in [0.1, 0.15) is 6.33 Å². The molecule has 4 rings (SSSR count). The standard InChI is InChI=1S/C23H24ClN5O2S/c1-15-10-11-17(12-19(15)24)29-14-25-28-23(29)32-13-21(30)27-20-9-5-4-8-18(20)22(31)26-16-6-2-3-7-16/h4-5,8-12,14,16H,2-3,6-7,13H2,1H3,(H,26,31)(H,27,30). The minimum absolute atomic E-state index is 0.122. The lowest BCUT2D eigenvalue weighted by Gasteiger charge is -2.15. The fourth-order valence-electron chi connectivity index (χ4n) is 3.67. The zero-order valence-corrected chi connectivity index (χ0v) is 19.2. The largest absolute Gasteiger partial charge is 0.349 e. The third-order valence-corrected chi connectivity index (χ3v) is 6.77. The molecule has 0 radical (unpaired) electrons. The number of benzene rings is 2. The first-order valence-corrected chi connectivity index (χ1v) is 11.9. The van der Waals surface area contributed by atoms with Gasteiger partial charge in [-0.2, -0.15) is 0 Å². The maximum Gasteiger partial charge on any atom is 0.253 e. The smallest absolute Gasteiger partial charge is 0.253 e. The van der Waals surface area contributed by atoms with Crippen molar-refractivity contribution in [1.29, 1.82) is 0 Å². The van der Waals surface area contributed by atoms with Gasteiger partial charge < -0.3 is 10.6 Å². The average Bonchev–Trinajstić information content (AvgIpc) is 3.46. The van der Waals surface area contributed by atoms with Crippen molar-refractivity contribution in [3.05, 3.63) is 64.9 Å². The molecule has 3 aromatic rings. The molecular formula is C23H24ClN5O2S. The molecule has 1 aromatic heterocycles. The first kappa shape index (κ1) is 22.4. The number of thioether (sulfide) groups is 1. The molecule has 1 aliphatic rings. The first-order valence-electron chi connectivity index (χ1n) is 10.5. The molecule has 0 aliphatic heterocycles. The number of rotatable bonds is 7. The number of amides is 2. The highest BCUT2D eigenvalue weighted by atomic mass is 35.5. The summed E-state index contributed by atoms with van der Waals surface area (Å²) in [6, 6.07) is 13.0. The quantitative estimate of drug-likeness (QED) is 0.492. The van der Waals surface area contributed by atoms with Gasteiger partial charge in [-0.15, -0.1) is 10.2 Å². The number of halogens is 1. The third-order valence-electron chi connectivity index (χ3n) is 5.42. The summed E-state index contributed by atoms with van der Waals surface area (Å²) >= 11 is 7.50. The number of hydrogen-bond donors (Lipinski definition) is 2. The lowest BCUT2D eigenvalue weighted by molar-refractivity contribution is -0.113. The second-order valence-corrected chi connectivity index (χ2v) is 9.10. The van der Waals surface area contributed by atoms with Crippen LogP contribution in [-0.2, 0) is 4.79 Å². The predicted octanol–water partition coefficient (Wildman–Crippen LogP) is 4.63. The van der Waals surface area contributed by atoms with Gasteiger partial charge in [0.05, 0.1) is 22.7 Å². The van der Waals surface area contributed by atoms with Crippen molar-refractivity contribution < 1.29 is 9.59 Å². The molecule has 9 heteroatoms. The second kappa shape index (κ2) is 10.2. The van der Waals surface area contributed by atoms with E-state index in [4.69, 9.17) is 11.6 Å². The fraction of sp³-hybridized carbons (Fsp3) is 0.304. The SMILES string of the molecule is Cc1ccc(-n2cnnc2SCC(=O)Nc2ccccc2C(=O)NC2CCCC2)cc1Cl. The molecule has 2 N–H and O–H groups in total. The topological polar surface area (TPSA) is 88.9 Å². The highest BCUT2D eigenvalue weighted by molar-refractivity contribution is 7.99. The monoisotopic (exact) mass is 469 g/mol. The maximum absolute atomic E-state index is 12.7. The Kier molecular flexibility index (Phi) is 7.12. The highest BCUT2D eigenvalue weighted by Gasteiger charge is 2.20. The number of nitrogens with zero attached hydrogens (tertiary/aromatic N) is 3. The second-order valence-electron chi connectivity index (χ2n) is 7.75. The van der Waals surface area contributed by atoms with Crippen molar-refractivity contribution in [1.82, 2.24) is 20.1 Å². The first-order chi connectivity index (χ1) is 15.5. The number of para-hydroxylation sites is 1. The lowest BCUT2D eigenvalue weighted by atomic mass is 10.1. The average molecular weight is 470 g/mol. The Hall–Kier alpha value is -2.84. The lowest BCUT2D eigenvalue weighted by Crippen LogP contribution is -2.33. The zero-order chi connectivity index (χ0) is 22.5. The summed E-state index contributed by atoms with van der Waals surface area (Å²) in [5, 5.41) is 15.2. The minimum Gasteiger partial charge on any atom is -0.349 e. The van der Waals surface area contributed by atoms with E-state index in [0.29, 0.717) is 21.4 Å². The number of carbonyl (C=O) groups is 2. The molecule has 2 amide bonds. The molecule has 0 unspecified atom stereocenters. The molecule has 0 bridgehead atoms. The van der Waals surface area contributed by atoms with Crippen molar-refractivity contribution in [2.45, 2.75) is 43.8 Å². The van der Waals surface area contributed by atoms with Crippen LogP contribution in [0.15, 0.2) is 53.9 Å². The van der Waals surface area contributed by atoms with Crippen LogP contribution in [0, 0.1) is 6.92 Å². The van der Waals surface area contributed by atoms with Gasteiger partial charge in [0.15, 0.2) is 5.16 Å². The third kappa shape index (κ3) is 5.31. The summed E-state index contributed by atoms with van der Waals surface area (Å²) in [6.07, 6.45) is 5.87. The molecule has 1 saturated carbocycles. The van der Waals surface area contributed by atoms with E-state index in [2.05, 4.69) is 20.8 Å². The van der Waals surface area contributed by atoms with Crippen LogP contribution in [0.25, 0.3) is 5.69 Å². The molecule has 0 saturated heterocycles. The Bertz CT molecular complexity index is 1130. The van der Waals surface area contributed by atoms with E-state index in [1.54, 1.807) is 35.2 Å². The molecule has 7 nitrogen and oxygen atoms in total. The van der Waals surface area contributed by atoms with Crippen molar-refractivity contribution in [2.24, 2.45) is 0 Å². The Labute approximate surface area is 196 Å². The van der Waals surface area contributed by atoms with Crippen LogP contribution in [0.3, 0.4) is 0 Å². The summed E-state index contributed by atoms with van der Waals surface area (Å²) in [5.74, 6) is -0.263. The van der Waals surface area contributed by atoms with Crippen LogP contribution in [0.2, 0.25) is 5.02 Å². The number of anilines is 1. The Morgan fingerprint density at radius 1 is 1.19 bits per heavy atom. The van der Waals surface area contributed by atoms with E-state index in [0.717, 1.165) is 36.9 Å². The molecule has 166 valence electrons. The van der Waals surface area contributed by atoms with Gasteiger partial charge in [0, 0.05) is 11.1 Å². The van der Waals surface area contributed by atoms with Crippen molar-refractivity contribution in [3.63, 3.8) is 0 Å². The van der Waals surface area contributed by atoms with Gasteiger partial charge in [-0.3, -0.25) is 14.2 Å². The van der Waals surface area contributed by atoms with E-state index >= 15 is 0 Å². The summed E-state index contributed by atoms with van der Waals surface area (Å²) in [7, 11) is 0. The fourth-order valence-corrected chi connectivity index (χ4v) is 4.58. The van der Waals surface area contributed by atoms with Gasteiger partial charge in [-0.25, -0.2) is 0 Å².